The molecule has 0 radical (unpaired) electrons. The lowest BCUT2D eigenvalue weighted by Gasteiger charge is -2.22. The first-order valence-corrected chi connectivity index (χ1v) is 8.49. The van der Waals surface area contributed by atoms with Gasteiger partial charge in [0.2, 0.25) is 5.91 Å². The lowest BCUT2D eigenvalue weighted by atomic mass is 10.1. The zero-order valence-electron chi connectivity index (χ0n) is 14.8. The fraction of sp³-hybridized carbons (Fsp3) is 0.350. The van der Waals surface area contributed by atoms with E-state index in [1.807, 2.05) is 12.1 Å². The number of halogens is 1. The van der Waals surface area contributed by atoms with Crippen molar-refractivity contribution in [3.63, 3.8) is 0 Å². The summed E-state index contributed by atoms with van der Waals surface area (Å²) in [5.74, 6) is 0.0511. The maximum Gasteiger partial charge on any atom is 0.233 e. The molecule has 4 nitrogen and oxygen atoms in total. The molecule has 0 aliphatic rings. The second kappa shape index (κ2) is 12.5. The van der Waals surface area contributed by atoms with Crippen molar-refractivity contribution in [3.8, 4) is 0 Å². The van der Waals surface area contributed by atoms with Gasteiger partial charge >= 0.3 is 0 Å². The second-order valence-corrected chi connectivity index (χ2v) is 5.92. The van der Waals surface area contributed by atoms with Crippen LogP contribution in [0, 0.1) is 0 Å². The summed E-state index contributed by atoms with van der Waals surface area (Å²) in [5.41, 5.74) is 2.63. The first-order valence-electron chi connectivity index (χ1n) is 8.49. The summed E-state index contributed by atoms with van der Waals surface area (Å²) in [6, 6.07) is 21.0. The van der Waals surface area contributed by atoms with Crippen LogP contribution in [0.2, 0.25) is 0 Å². The SMILES string of the molecule is CNCC(=O)NCCCN(Cc1ccccc1)Cc1ccccc1.Cl. The van der Waals surface area contributed by atoms with E-state index in [0.29, 0.717) is 13.1 Å². The Bertz CT molecular complexity index is 551. The number of amides is 1. The lowest BCUT2D eigenvalue weighted by Crippen LogP contribution is -2.34. The molecule has 0 saturated carbocycles. The summed E-state index contributed by atoms with van der Waals surface area (Å²) in [6.07, 6.45) is 0.940. The molecular formula is C20H28ClN3O. The van der Waals surface area contributed by atoms with Crippen molar-refractivity contribution in [2.45, 2.75) is 19.5 Å². The molecule has 5 heteroatoms. The third kappa shape index (κ3) is 8.68. The maximum atomic E-state index is 11.5. The van der Waals surface area contributed by atoms with Crippen molar-refractivity contribution in [1.29, 1.82) is 0 Å². The van der Waals surface area contributed by atoms with Crippen LogP contribution in [-0.2, 0) is 17.9 Å². The van der Waals surface area contributed by atoms with Crippen molar-refractivity contribution in [3.05, 3.63) is 71.8 Å². The van der Waals surface area contributed by atoms with Crippen molar-refractivity contribution >= 4 is 18.3 Å². The Balaban J connectivity index is 0.00000312. The van der Waals surface area contributed by atoms with Gasteiger partial charge in [0.05, 0.1) is 6.54 Å². The Morgan fingerprint density at radius 1 is 0.920 bits per heavy atom. The molecule has 0 fully saturated rings. The molecule has 0 saturated heterocycles. The highest BCUT2D eigenvalue weighted by Gasteiger charge is 2.07. The zero-order chi connectivity index (χ0) is 17.0. The summed E-state index contributed by atoms with van der Waals surface area (Å²) in [5, 5.41) is 5.80. The van der Waals surface area contributed by atoms with E-state index >= 15 is 0 Å². The van der Waals surface area contributed by atoms with Gasteiger partial charge in [0.1, 0.15) is 0 Å². The molecule has 0 bridgehead atoms. The summed E-state index contributed by atoms with van der Waals surface area (Å²) < 4.78 is 0. The quantitative estimate of drug-likeness (QED) is 0.639. The Morgan fingerprint density at radius 3 is 1.92 bits per heavy atom. The average Bonchev–Trinajstić information content (AvgIpc) is 2.61. The van der Waals surface area contributed by atoms with Crippen LogP contribution in [0.1, 0.15) is 17.5 Å². The van der Waals surface area contributed by atoms with Crippen LogP contribution in [0.15, 0.2) is 60.7 Å². The summed E-state index contributed by atoms with van der Waals surface area (Å²) in [4.78, 5) is 13.9. The van der Waals surface area contributed by atoms with Crippen LogP contribution in [0.4, 0.5) is 0 Å². The van der Waals surface area contributed by atoms with Gasteiger partial charge in [0.25, 0.3) is 0 Å². The number of benzene rings is 2. The molecule has 1 amide bonds. The van der Waals surface area contributed by atoms with Crippen LogP contribution < -0.4 is 10.6 Å². The highest BCUT2D eigenvalue weighted by atomic mass is 35.5. The van der Waals surface area contributed by atoms with Crippen LogP contribution in [0.3, 0.4) is 0 Å². The molecule has 2 rings (SSSR count). The molecule has 0 aromatic heterocycles. The Morgan fingerprint density at radius 2 is 1.44 bits per heavy atom. The number of hydrogen-bond acceptors (Lipinski definition) is 3. The molecule has 25 heavy (non-hydrogen) atoms. The largest absolute Gasteiger partial charge is 0.355 e. The van der Waals surface area contributed by atoms with Crippen LogP contribution in [0.5, 0.6) is 0 Å². The monoisotopic (exact) mass is 361 g/mol. The normalized spacial score (nSPS) is 10.3. The third-order valence-corrected chi connectivity index (χ3v) is 3.81. The second-order valence-electron chi connectivity index (χ2n) is 5.92. The van der Waals surface area contributed by atoms with Crippen LogP contribution in [0.25, 0.3) is 0 Å². The van der Waals surface area contributed by atoms with Crippen LogP contribution >= 0.6 is 12.4 Å². The van der Waals surface area contributed by atoms with Crippen molar-refractivity contribution < 1.29 is 4.79 Å². The van der Waals surface area contributed by atoms with Crippen molar-refractivity contribution in [2.75, 3.05) is 26.7 Å². The number of nitrogens with one attached hydrogen (secondary N) is 2. The Kier molecular flexibility index (Phi) is 10.6. The molecule has 2 N–H and O–H groups in total. The molecule has 0 spiro atoms. The van der Waals surface area contributed by atoms with E-state index in [0.717, 1.165) is 26.1 Å². The number of nitrogens with zero attached hydrogens (tertiary/aromatic N) is 1. The van der Waals surface area contributed by atoms with E-state index in [9.17, 15) is 4.79 Å². The van der Waals surface area contributed by atoms with Gasteiger partial charge in [-0.2, -0.15) is 0 Å². The highest BCUT2D eigenvalue weighted by molar-refractivity contribution is 5.85. The Hall–Kier alpha value is -1.88. The zero-order valence-corrected chi connectivity index (χ0v) is 15.6. The van der Waals surface area contributed by atoms with Gasteiger partial charge in [0.15, 0.2) is 0 Å². The maximum absolute atomic E-state index is 11.5. The minimum Gasteiger partial charge on any atom is -0.355 e. The average molecular weight is 362 g/mol. The van der Waals surface area contributed by atoms with Gasteiger partial charge in [-0.05, 0) is 24.6 Å². The summed E-state index contributed by atoms with van der Waals surface area (Å²) >= 11 is 0. The standard InChI is InChI=1S/C20H27N3O.ClH/c1-21-15-20(24)22-13-8-14-23(16-18-9-4-2-5-10-18)17-19-11-6-3-7-12-19;/h2-7,9-12,21H,8,13-17H2,1H3,(H,22,24);1H. The number of carbonyl (C=O) groups excluding carboxylic acids is 1. The van der Waals surface area contributed by atoms with Gasteiger partial charge in [-0.1, -0.05) is 60.7 Å². The first kappa shape index (κ1) is 21.2. The molecule has 0 heterocycles. The number of rotatable bonds is 10. The minimum absolute atomic E-state index is 0. The lowest BCUT2D eigenvalue weighted by molar-refractivity contribution is -0.120. The molecular weight excluding hydrogens is 334 g/mol. The molecule has 0 aliphatic carbocycles. The fourth-order valence-corrected chi connectivity index (χ4v) is 2.65. The fourth-order valence-electron chi connectivity index (χ4n) is 2.65. The molecule has 2 aromatic carbocycles. The summed E-state index contributed by atoms with van der Waals surface area (Å²) in [7, 11) is 1.78. The van der Waals surface area contributed by atoms with Gasteiger partial charge in [-0.3, -0.25) is 9.69 Å². The van der Waals surface area contributed by atoms with E-state index in [1.165, 1.54) is 11.1 Å². The van der Waals surface area contributed by atoms with Gasteiger partial charge in [0, 0.05) is 26.2 Å². The van der Waals surface area contributed by atoms with Gasteiger partial charge < -0.3 is 10.6 Å². The van der Waals surface area contributed by atoms with E-state index in [-0.39, 0.29) is 18.3 Å². The molecule has 0 atom stereocenters. The Labute approximate surface area is 157 Å². The molecule has 2 aromatic rings. The van der Waals surface area contributed by atoms with E-state index in [4.69, 9.17) is 0 Å². The topological polar surface area (TPSA) is 44.4 Å². The first-order chi connectivity index (χ1) is 11.8. The van der Waals surface area contributed by atoms with Crippen molar-refractivity contribution in [1.82, 2.24) is 15.5 Å². The van der Waals surface area contributed by atoms with Gasteiger partial charge in [-0.15, -0.1) is 12.4 Å². The van der Waals surface area contributed by atoms with Crippen LogP contribution in [-0.4, -0.2) is 37.5 Å². The van der Waals surface area contributed by atoms with E-state index in [1.54, 1.807) is 7.05 Å². The third-order valence-electron chi connectivity index (χ3n) is 3.81. The number of hydrogen-bond donors (Lipinski definition) is 2. The highest BCUT2D eigenvalue weighted by Crippen LogP contribution is 2.10. The van der Waals surface area contributed by atoms with Crippen molar-refractivity contribution in [2.24, 2.45) is 0 Å². The predicted octanol–water partition coefficient (Wildman–Crippen LogP) is 2.84. The smallest absolute Gasteiger partial charge is 0.233 e. The number of carbonyl (C=O) groups is 1. The number of likely N-dealkylation sites (N-methyl/N-ethyl adjacent to an activating group) is 1. The predicted molar refractivity (Wildman–Crippen MR) is 106 cm³/mol. The van der Waals surface area contributed by atoms with Gasteiger partial charge in [-0.25, -0.2) is 0 Å². The molecule has 0 aliphatic heterocycles. The minimum atomic E-state index is 0. The summed E-state index contributed by atoms with van der Waals surface area (Å²) in [6.45, 7) is 3.86. The molecule has 136 valence electrons. The van der Waals surface area contributed by atoms with E-state index in [2.05, 4.69) is 64.1 Å². The molecule has 0 unspecified atom stereocenters. The van der Waals surface area contributed by atoms with E-state index < -0.39 is 0 Å².